The molecule has 0 spiro atoms. The molecule has 1 heterocycles. The summed E-state index contributed by atoms with van der Waals surface area (Å²) in [5.41, 5.74) is 1.40. The van der Waals surface area contributed by atoms with Gasteiger partial charge in [-0.05, 0) is 11.6 Å². The number of non-ortho nitro benzene ring substituents is 1. The molecule has 0 fully saturated rings. The van der Waals surface area contributed by atoms with Gasteiger partial charge in [-0.3, -0.25) is 15.2 Å². The molecule has 20 heavy (non-hydrogen) atoms. The molecule has 0 amide bonds. The van der Waals surface area contributed by atoms with Crippen molar-refractivity contribution in [3.05, 3.63) is 64.3 Å². The van der Waals surface area contributed by atoms with Gasteiger partial charge in [0.15, 0.2) is 0 Å². The monoisotopic (exact) mass is 269 g/mol. The molecule has 0 aliphatic carbocycles. The minimum atomic E-state index is -0.443. The second-order valence-electron chi connectivity index (χ2n) is 4.27. The third kappa shape index (κ3) is 2.18. The molecule has 100 valence electrons. The van der Waals surface area contributed by atoms with Crippen LogP contribution in [0.2, 0.25) is 0 Å². The van der Waals surface area contributed by atoms with Crippen molar-refractivity contribution in [2.75, 3.05) is 0 Å². The molecule has 0 aliphatic rings. The molecule has 6 nitrogen and oxygen atoms in total. The normalized spacial score (nSPS) is 10.6. The largest absolute Gasteiger partial charge is 0.488 e. The lowest BCUT2D eigenvalue weighted by molar-refractivity contribution is -0.383. The number of hydrogen-bond donors (Lipinski definition) is 1. The Bertz CT molecular complexity index is 753. The zero-order chi connectivity index (χ0) is 13.9. The Morgan fingerprint density at radius 3 is 2.75 bits per heavy atom. The SMILES string of the molecule is O=[N+]([O-])c1ccc(OCc2ccccc2)c2cn[nH]c12. The first-order valence-electron chi connectivity index (χ1n) is 6.03. The van der Waals surface area contributed by atoms with Crippen LogP contribution in [0.25, 0.3) is 10.9 Å². The van der Waals surface area contributed by atoms with E-state index in [9.17, 15) is 10.1 Å². The molecule has 0 atom stereocenters. The maximum Gasteiger partial charge on any atom is 0.295 e. The maximum absolute atomic E-state index is 10.9. The molecule has 6 heteroatoms. The molecule has 3 rings (SSSR count). The van der Waals surface area contributed by atoms with Gasteiger partial charge in [0.25, 0.3) is 5.69 Å². The lowest BCUT2D eigenvalue weighted by atomic mass is 10.2. The predicted octanol–water partition coefficient (Wildman–Crippen LogP) is 3.05. The zero-order valence-corrected chi connectivity index (χ0v) is 10.4. The van der Waals surface area contributed by atoms with Gasteiger partial charge in [0.05, 0.1) is 16.5 Å². The lowest BCUT2D eigenvalue weighted by Crippen LogP contribution is -1.96. The van der Waals surface area contributed by atoms with Crippen LogP contribution in [0.15, 0.2) is 48.7 Å². The average Bonchev–Trinajstić information content (AvgIpc) is 2.95. The Balaban J connectivity index is 1.91. The molecular formula is C14H11N3O3. The van der Waals surface area contributed by atoms with Crippen LogP contribution < -0.4 is 4.74 Å². The summed E-state index contributed by atoms with van der Waals surface area (Å²) in [6.45, 7) is 0.402. The highest BCUT2D eigenvalue weighted by molar-refractivity contribution is 5.91. The number of aromatic amines is 1. The Kier molecular flexibility index (Phi) is 3.04. The lowest BCUT2D eigenvalue weighted by Gasteiger charge is -2.07. The number of rotatable bonds is 4. The van der Waals surface area contributed by atoms with Crippen LogP contribution in [-0.4, -0.2) is 15.1 Å². The average molecular weight is 269 g/mol. The Hall–Kier alpha value is -2.89. The van der Waals surface area contributed by atoms with Crippen LogP contribution in [0.3, 0.4) is 0 Å². The van der Waals surface area contributed by atoms with Crippen LogP contribution in [0.1, 0.15) is 5.56 Å². The molecule has 0 unspecified atom stereocenters. The number of nitrogens with zero attached hydrogens (tertiary/aromatic N) is 2. The van der Waals surface area contributed by atoms with Crippen molar-refractivity contribution in [3.8, 4) is 5.75 Å². The summed E-state index contributed by atoms with van der Waals surface area (Å²) < 4.78 is 5.72. The van der Waals surface area contributed by atoms with Crippen LogP contribution in [0, 0.1) is 10.1 Å². The predicted molar refractivity (Wildman–Crippen MR) is 73.5 cm³/mol. The molecule has 1 N–H and O–H groups in total. The smallest absolute Gasteiger partial charge is 0.295 e. The number of benzene rings is 2. The number of fused-ring (bicyclic) bond motifs is 1. The van der Waals surface area contributed by atoms with Gasteiger partial charge in [0.2, 0.25) is 0 Å². The van der Waals surface area contributed by atoms with Crippen molar-refractivity contribution in [1.82, 2.24) is 10.2 Å². The van der Waals surface area contributed by atoms with Crippen LogP contribution in [0.5, 0.6) is 5.75 Å². The molecule has 0 bridgehead atoms. The van der Waals surface area contributed by atoms with Gasteiger partial charge < -0.3 is 4.74 Å². The van der Waals surface area contributed by atoms with E-state index in [1.54, 1.807) is 6.07 Å². The van der Waals surface area contributed by atoms with E-state index in [2.05, 4.69) is 10.2 Å². The summed E-state index contributed by atoms with van der Waals surface area (Å²) in [4.78, 5) is 10.5. The van der Waals surface area contributed by atoms with Gasteiger partial charge in [0, 0.05) is 6.07 Å². The first-order valence-corrected chi connectivity index (χ1v) is 6.03. The Morgan fingerprint density at radius 1 is 1.20 bits per heavy atom. The van der Waals surface area contributed by atoms with Crippen LogP contribution in [0.4, 0.5) is 5.69 Å². The molecule has 0 aliphatic heterocycles. The van der Waals surface area contributed by atoms with Crippen molar-refractivity contribution in [2.45, 2.75) is 6.61 Å². The third-order valence-corrected chi connectivity index (χ3v) is 2.99. The highest BCUT2D eigenvalue weighted by atomic mass is 16.6. The van der Waals surface area contributed by atoms with Crippen molar-refractivity contribution >= 4 is 16.6 Å². The van der Waals surface area contributed by atoms with Gasteiger partial charge in [-0.25, -0.2) is 0 Å². The first-order chi connectivity index (χ1) is 9.75. The topological polar surface area (TPSA) is 81.1 Å². The molecule has 3 aromatic rings. The van der Waals surface area contributed by atoms with E-state index in [1.807, 2.05) is 30.3 Å². The third-order valence-electron chi connectivity index (χ3n) is 2.99. The highest BCUT2D eigenvalue weighted by Gasteiger charge is 2.16. The summed E-state index contributed by atoms with van der Waals surface area (Å²) in [6, 6.07) is 12.7. The fraction of sp³-hybridized carbons (Fsp3) is 0.0714. The number of H-pyrrole nitrogens is 1. The minimum Gasteiger partial charge on any atom is -0.488 e. The summed E-state index contributed by atoms with van der Waals surface area (Å²) in [6.07, 6.45) is 1.53. The second-order valence-corrected chi connectivity index (χ2v) is 4.27. The number of nitro benzene ring substituents is 1. The van der Waals surface area contributed by atoms with Gasteiger partial charge in [0.1, 0.15) is 17.9 Å². The van der Waals surface area contributed by atoms with E-state index in [4.69, 9.17) is 4.74 Å². The van der Waals surface area contributed by atoms with E-state index in [0.717, 1.165) is 5.56 Å². The van der Waals surface area contributed by atoms with Gasteiger partial charge in [-0.1, -0.05) is 30.3 Å². The van der Waals surface area contributed by atoms with Gasteiger partial charge >= 0.3 is 0 Å². The summed E-state index contributed by atoms with van der Waals surface area (Å²) >= 11 is 0. The molecule has 0 radical (unpaired) electrons. The van der Waals surface area contributed by atoms with Gasteiger partial charge in [-0.2, -0.15) is 5.10 Å². The summed E-state index contributed by atoms with van der Waals surface area (Å²) in [5, 5.41) is 18.0. The number of hydrogen-bond acceptors (Lipinski definition) is 4. The molecule has 1 aromatic heterocycles. The first kappa shape index (κ1) is 12.2. The number of ether oxygens (including phenoxy) is 1. The number of aromatic nitrogens is 2. The minimum absolute atomic E-state index is 0.00967. The second kappa shape index (κ2) is 5.00. The molecule has 0 saturated heterocycles. The van der Waals surface area contributed by atoms with Crippen molar-refractivity contribution in [1.29, 1.82) is 0 Å². The number of nitro groups is 1. The quantitative estimate of drug-likeness (QED) is 0.583. The standard InChI is InChI=1S/C14H11N3O3/c18-17(19)12-6-7-13(11-8-15-16-14(11)12)20-9-10-4-2-1-3-5-10/h1-8H,9H2,(H,15,16). The Morgan fingerprint density at radius 2 is 2.00 bits per heavy atom. The van der Waals surface area contributed by atoms with Crippen molar-refractivity contribution in [2.24, 2.45) is 0 Å². The van der Waals surface area contributed by atoms with E-state index >= 15 is 0 Å². The summed E-state index contributed by atoms with van der Waals surface area (Å²) in [5.74, 6) is 0.572. The highest BCUT2D eigenvalue weighted by Crippen LogP contribution is 2.31. The fourth-order valence-electron chi connectivity index (χ4n) is 2.01. The zero-order valence-electron chi connectivity index (χ0n) is 10.4. The van der Waals surface area contributed by atoms with Gasteiger partial charge in [-0.15, -0.1) is 0 Å². The summed E-state index contributed by atoms with van der Waals surface area (Å²) in [7, 11) is 0. The molecule has 0 saturated carbocycles. The van der Waals surface area contributed by atoms with Crippen molar-refractivity contribution in [3.63, 3.8) is 0 Å². The van der Waals surface area contributed by atoms with E-state index in [0.29, 0.717) is 23.3 Å². The maximum atomic E-state index is 10.9. The molecule has 2 aromatic carbocycles. The van der Waals surface area contributed by atoms with Crippen LogP contribution >= 0.6 is 0 Å². The van der Waals surface area contributed by atoms with E-state index < -0.39 is 4.92 Å². The molecular weight excluding hydrogens is 258 g/mol. The Labute approximate surface area is 114 Å². The fourth-order valence-corrected chi connectivity index (χ4v) is 2.01. The van der Waals surface area contributed by atoms with Crippen molar-refractivity contribution < 1.29 is 9.66 Å². The van der Waals surface area contributed by atoms with E-state index in [1.165, 1.54) is 12.3 Å². The van der Waals surface area contributed by atoms with Crippen LogP contribution in [-0.2, 0) is 6.61 Å². The number of nitrogens with one attached hydrogen (secondary N) is 1. The van der Waals surface area contributed by atoms with E-state index in [-0.39, 0.29) is 5.69 Å².